The fourth-order valence-electron chi connectivity index (χ4n) is 1.85. The van der Waals surface area contributed by atoms with Crippen LogP contribution in [0.3, 0.4) is 0 Å². The number of nitrogens with zero attached hydrogens (tertiary/aromatic N) is 1. The molecule has 2 aromatic rings. The molecule has 2 N–H and O–H groups in total. The fraction of sp³-hybridized carbons (Fsp3) is 0.286. The molecule has 0 aliphatic carbocycles. The minimum absolute atomic E-state index is 0.0703. The number of hydrogen-bond donors (Lipinski definition) is 2. The van der Waals surface area contributed by atoms with E-state index in [-0.39, 0.29) is 11.7 Å². The van der Waals surface area contributed by atoms with E-state index in [2.05, 4.69) is 10.3 Å². The summed E-state index contributed by atoms with van der Waals surface area (Å²) < 4.78 is 5.59. The Hall–Kier alpha value is -2.30. The van der Waals surface area contributed by atoms with Crippen LogP contribution in [0.2, 0.25) is 0 Å². The molecule has 100 valence electrons. The molecule has 0 fully saturated rings. The summed E-state index contributed by atoms with van der Waals surface area (Å²) in [5.74, 6) is 0.0595. The van der Waals surface area contributed by atoms with E-state index in [0.717, 1.165) is 10.9 Å². The van der Waals surface area contributed by atoms with Gasteiger partial charge in [-0.25, -0.2) is 9.78 Å². The third kappa shape index (κ3) is 2.76. The lowest BCUT2D eigenvalue weighted by Gasteiger charge is -2.11. The van der Waals surface area contributed by atoms with Crippen molar-refractivity contribution in [3.63, 3.8) is 0 Å². The van der Waals surface area contributed by atoms with Crippen molar-refractivity contribution in [3.8, 4) is 5.75 Å². The van der Waals surface area contributed by atoms with Crippen LogP contribution in [0.15, 0.2) is 24.3 Å². The number of benzene rings is 1. The number of nitrogens with one attached hydrogen (secondary N) is 1. The molecule has 0 bridgehead atoms. The second-order valence-electron chi connectivity index (χ2n) is 4.46. The Morgan fingerprint density at radius 2 is 2.11 bits per heavy atom. The molecule has 0 aliphatic rings. The Bertz CT molecular complexity index is 623. The highest BCUT2D eigenvalue weighted by molar-refractivity contribution is 5.98. The first kappa shape index (κ1) is 13.1. The Morgan fingerprint density at radius 3 is 2.68 bits per heavy atom. The molecule has 0 unspecified atom stereocenters. The summed E-state index contributed by atoms with van der Waals surface area (Å²) in [6.07, 6.45) is 0.0703. The average Bonchev–Trinajstić information content (AvgIpc) is 2.36. The summed E-state index contributed by atoms with van der Waals surface area (Å²) in [5, 5.41) is 12.7. The molecular weight excluding hydrogens is 244 g/mol. The number of carboxylic acid groups (broad SMARTS) is 1. The van der Waals surface area contributed by atoms with Gasteiger partial charge in [0.25, 0.3) is 0 Å². The van der Waals surface area contributed by atoms with E-state index in [0.29, 0.717) is 11.6 Å². The Morgan fingerprint density at radius 1 is 1.37 bits per heavy atom. The van der Waals surface area contributed by atoms with Crippen LogP contribution in [0, 0.1) is 0 Å². The standard InChI is InChI=1S/C14H16N2O3/c1-8(2)19-10-4-5-12-9(6-10)7-11(14(17)18)13(15-3)16-12/h4-8H,1-3H3,(H,15,16)(H,17,18). The molecule has 0 saturated heterocycles. The highest BCUT2D eigenvalue weighted by atomic mass is 16.5. The van der Waals surface area contributed by atoms with Crippen LogP contribution >= 0.6 is 0 Å². The number of rotatable bonds is 4. The number of pyridine rings is 1. The van der Waals surface area contributed by atoms with Crippen molar-refractivity contribution >= 4 is 22.7 Å². The average molecular weight is 260 g/mol. The number of fused-ring (bicyclic) bond motifs is 1. The number of aromatic nitrogens is 1. The van der Waals surface area contributed by atoms with Crippen molar-refractivity contribution in [2.45, 2.75) is 20.0 Å². The topological polar surface area (TPSA) is 71.5 Å². The minimum Gasteiger partial charge on any atom is -0.491 e. The highest BCUT2D eigenvalue weighted by Gasteiger charge is 2.12. The van der Waals surface area contributed by atoms with Gasteiger partial charge >= 0.3 is 5.97 Å². The van der Waals surface area contributed by atoms with E-state index in [4.69, 9.17) is 9.84 Å². The number of ether oxygens (including phenoxy) is 1. The third-order valence-electron chi connectivity index (χ3n) is 2.63. The van der Waals surface area contributed by atoms with E-state index in [1.54, 1.807) is 19.2 Å². The molecule has 5 heteroatoms. The van der Waals surface area contributed by atoms with Crippen LogP contribution in [0.1, 0.15) is 24.2 Å². The zero-order valence-electron chi connectivity index (χ0n) is 11.1. The fourth-order valence-corrected chi connectivity index (χ4v) is 1.85. The maximum atomic E-state index is 11.2. The van der Waals surface area contributed by atoms with Gasteiger partial charge in [-0.2, -0.15) is 0 Å². The molecule has 2 rings (SSSR count). The number of anilines is 1. The number of hydrogen-bond acceptors (Lipinski definition) is 4. The Balaban J connectivity index is 2.55. The predicted octanol–water partition coefficient (Wildman–Crippen LogP) is 2.76. The summed E-state index contributed by atoms with van der Waals surface area (Å²) in [4.78, 5) is 15.5. The summed E-state index contributed by atoms with van der Waals surface area (Å²) in [6.45, 7) is 3.88. The molecule has 1 aromatic carbocycles. The van der Waals surface area contributed by atoms with Crippen molar-refractivity contribution in [2.75, 3.05) is 12.4 Å². The first-order valence-corrected chi connectivity index (χ1v) is 6.03. The van der Waals surface area contributed by atoms with Gasteiger partial charge in [-0.1, -0.05) is 0 Å². The van der Waals surface area contributed by atoms with E-state index in [9.17, 15) is 4.79 Å². The van der Waals surface area contributed by atoms with Gasteiger partial charge in [0.2, 0.25) is 0 Å². The smallest absolute Gasteiger partial charge is 0.339 e. The molecule has 0 saturated carbocycles. The van der Waals surface area contributed by atoms with E-state index in [1.165, 1.54) is 0 Å². The van der Waals surface area contributed by atoms with Gasteiger partial charge in [0.05, 0.1) is 11.6 Å². The second kappa shape index (κ2) is 5.14. The Labute approximate surface area is 111 Å². The second-order valence-corrected chi connectivity index (χ2v) is 4.46. The zero-order valence-corrected chi connectivity index (χ0v) is 11.1. The van der Waals surface area contributed by atoms with Crippen LogP contribution in [-0.4, -0.2) is 29.2 Å². The summed E-state index contributed by atoms with van der Waals surface area (Å²) in [7, 11) is 1.65. The van der Waals surface area contributed by atoms with Crippen molar-refractivity contribution in [1.29, 1.82) is 0 Å². The molecule has 19 heavy (non-hydrogen) atoms. The van der Waals surface area contributed by atoms with Crippen molar-refractivity contribution < 1.29 is 14.6 Å². The summed E-state index contributed by atoms with van der Waals surface area (Å²) >= 11 is 0. The van der Waals surface area contributed by atoms with Gasteiger partial charge in [-0.05, 0) is 38.1 Å². The molecule has 5 nitrogen and oxygen atoms in total. The molecule has 0 spiro atoms. The van der Waals surface area contributed by atoms with Gasteiger partial charge in [0, 0.05) is 12.4 Å². The Kier molecular flexibility index (Phi) is 3.55. The molecular formula is C14H16N2O3. The quantitative estimate of drug-likeness (QED) is 0.884. The van der Waals surface area contributed by atoms with E-state index >= 15 is 0 Å². The molecule has 0 atom stereocenters. The molecule has 1 aromatic heterocycles. The SMILES string of the molecule is CNc1nc2ccc(OC(C)C)cc2cc1C(=O)O. The zero-order chi connectivity index (χ0) is 14.0. The van der Waals surface area contributed by atoms with Crippen LogP contribution in [-0.2, 0) is 0 Å². The maximum Gasteiger partial charge on any atom is 0.339 e. The first-order chi connectivity index (χ1) is 9.01. The normalized spacial score (nSPS) is 10.7. The molecule has 0 aliphatic heterocycles. The van der Waals surface area contributed by atoms with Gasteiger partial charge in [0.15, 0.2) is 0 Å². The molecule has 1 heterocycles. The van der Waals surface area contributed by atoms with Crippen molar-refractivity contribution in [3.05, 3.63) is 29.8 Å². The maximum absolute atomic E-state index is 11.2. The lowest BCUT2D eigenvalue weighted by atomic mass is 10.1. The van der Waals surface area contributed by atoms with Gasteiger partial charge in [-0.3, -0.25) is 0 Å². The molecule has 0 radical (unpaired) electrons. The largest absolute Gasteiger partial charge is 0.491 e. The monoisotopic (exact) mass is 260 g/mol. The van der Waals surface area contributed by atoms with Crippen molar-refractivity contribution in [2.24, 2.45) is 0 Å². The van der Waals surface area contributed by atoms with E-state index in [1.807, 2.05) is 26.0 Å². The van der Waals surface area contributed by atoms with Crippen LogP contribution in [0.4, 0.5) is 5.82 Å². The lowest BCUT2D eigenvalue weighted by Crippen LogP contribution is -2.06. The van der Waals surface area contributed by atoms with Gasteiger partial charge in [-0.15, -0.1) is 0 Å². The van der Waals surface area contributed by atoms with Crippen LogP contribution in [0.5, 0.6) is 5.75 Å². The summed E-state index contributed by atoms with van der Waals surface area (Å²) in [6, 6.07) is 7.05. The highest BCUT2D eigenvalue weighted by Crippen LogP contribution is 2.24. The predicted molar refractivity (Wildman–Crippen MR) is 74.0 cm³/mol. The minimum atomic E-state index is -1.01. The van der Waals surface area contributed by atoms with E-state index < -0.39 is 5.97 Å². The number of carboxylic acids is 1. The lowest BCUT2D eigenvalue weighted by molar-refractivity contribution is 0.0697. The number of carbonyl (C=O) groups is 1. The first-order valence-electron chi connectivity index (χ1n) is 6.03. The van der Waals surface area contributed by atoms with Crippen LogP contribution in [0.25, 0.3) is 10.9 Å². The summed E-state index contributed by atoms with van der Waals surface area (Å²) in [5.41, 5.74) is 0.877. The third-order valence-corrected chi connectivity index (χ3v) is 2.63. The number of aromatic carboxylic acids is 1. The van der Waals surface area contributed by atoms with Crippen LogP contribution < -0.4 is 10.1 Å². The van der Waals surface area contributed by atoms with Gasteiger partial charge < -0.3 is 15.2 Å². The molecule has 0 amide bonds. The van der Waals surface area contributed by atoms with Crippen molar-refractivity contribution in [1.82, 2.24) is 4.98 Å². The van der Waals surface area contributed by atoms with Gasteiger partial charge in [0.1, 0.15) is 17.1 Å².